The van der Waals surface area contributed by atoms with Crippen LogP contribution < -0.4 is 5.73 Å². The van der Waals surface area contributed by atoms with Crippen LogP contribution in [0.25, 0.3) is 0 Å². The van der Waals surface area contributed by atoms with E-state index in [1.54, 1.807) is 13.8 Å². The number of hydrogen-bond acceptors (Lipinski definition) is 8. The molecule has 9 nitrogen and oxygen atoms in total. The van der Waals surface area contributed by atoms with Crippen molar-refractivity contribution in [2.24, 2.45) is 5.73 Å². The maximum atomic E-state index is 12.8. The zero-order valence-electron chi connectivity index (χ0n) is 12.7. The number of amides is 1. The van der Waals surface area contributed by atoms with Crippen molar-refractivity contribution in [3.05, 3.63) is 16.1 Å². The summed E-state index contributed by atoms with van der Waals surface area (Å²) in [5.41, 5.74) is 5.28. The molecule has 1 amide bonds. The Morgan fingerprint density at radius 2 is 2.21 bits per heavy atom. The number of thiazole rings is 1. The van der Waals surface area contributed by atoms with Gasteiger partial charge in [-0.05, 0) is 13.8 Å². The van der Waals surface area contributed by atoms with Gasteiger partial charge in [-0.25, -0.2) is 9.55 Å². The minimum absolute atomic E-state index is 0.0941. The summed E-state index contributed by atoms with van der Waals surface area (Å²) in [5, 5.41) is 1.93. The second kappa shape index (κ2) is 6.10. The molecule has 12 heteroatoms. The van der Waals surface area contributed by atoms with Gasteiger partial charge in [0.1, 0.15) is 35.1 Å². The number of ether oxygens (including phenoxy) is 3. The van der Waals surface area contributed by atoms with Gasteiger partial charge in [-0.2, -0.15) is 0 Å². The second-order valence-corrected chi connectivity index (χ2v) is 7.89. The minimum Gasteiger partial charge on any atom is -0.364 e. The first kappa shape index (κ1) is 17.9. The van der Waals surface area contributed by atoms with Crippen molar-refractivity contribution in [1.29, 1.82) is 0 Å². The molecule has 134 valence electrons. The molecule has 24 heavy (non-hydrogen) atoms. The fourth-order valence-electron chi connectivity index (χ4n) is 2.71. The summed E-state index contributed by atoms with van der Waals surface area (Å²) in [6, 6.07) is 0. The van der Waals surface area contributed by atoms with Crippen LogP contribution in [-0.2, 0) is 23.3 Å². The third-order valence-corrected chi connectivity index (χ3v) is 4.94. The molecule has 0 aromatic carbocycles. The lowest BCUT2D eigenvalue weighted by atomic mass is 10.1. The molecule has 2 saturated heterocycles. The van der Waals surface area contributed by atoms with E-state index in [4.69, 9.17) is 24.8 Å². The van der Waals surface area contributed by atoms with Crippen molar-refractivity contribution in [3.63, 3.8) is 0 Å². The standard InChI is InChI=1S/C12H16FN2O7PS/c1-12(2)21-7-6(3-19-23(13,17)18)20-9(8(7)22-12)11-15-5(4-24-11)10(14)16/h4,6-9H,3H2,1-2H3,(H2,14,16)(H,17,18)/t6-,7+,8?,9-/m1/s1. The Hall–Kier alpha value is -0.940. The third kappa shape index (κ3) is 3.67. The topological polar surface area (TPSA) is 130 Å². The van der Waals surface area contributed by atoms with E-state index in [2.05, 4.69) is 9.51 Å². The molecule has 1 aromatic rings. The number of primary amides is 1. The Kier molecular flexibility index (Phi) is 4.54. The van der Waals surface area contributed by atoms with E-state index in [-0.39, 0.29) is 5.69 Å². The fraction of sp³-hybridized carbons (Fsp3) is 0.667. The number of nitrogens with zero attached hydrogens (tertiary/aromatic N) is 1. The molecule has 1 aromatic heterocycles. The molecule has 3 N–H and O–H groups in total. The lowest BCUT2D eigenvalue weighted by Crippen LogP contribution is -2.32. The minimum atomic E-state index is -5.14. The van der Waals surface area contributed by atoms with Crippen LogP contribution in [0.1, 0.15) is 35.4 Å². The van der Waals surface area contributed by atoms with E-state index in [0.29, 0.717) is 5.01 Å². The molecule has 5 atom stereocenters. The Balaban J connectivity index is 1.82. The monoisotopic (exact) mass is 382 g/mol. The van der Waals surface area contributed by atoms with Gasteiger partial charge in [0.25, 0.3) is 5.91 Å². The molecule has 2 aliphatic heterocycles. The van der Waals surface area contributed by atoms with Crippen LogP contribution in [0.5, 0.6) is 0 Å². The Labute approximate surface area is 140 Å². The predicted octanol–water partition coefficient (Wildman–Crippen LogP) is 1.29. The molecule has 2 unspecified atom stereocenters. The van der Waals surface area contributed by atoms with E-state index >= 15 is 0 Å². The Bertz CT molecular complexity index is 693. The summed E-state index contributed by atoms with van der Waals surface area (Å²) in [7, 11) is -5.14. The molecule has 0 bridgehead atoms. The Morgan fingerprint density at radius 1 is 1.54 bits per heavy atom. The van der Waals surface area contributed by atoms with Gasteiger partial charge in [0.05, 0.1) is 6.61 Å². The van der Waals surface area contributed by atoms with Crippen LogP contribution in [0.15, 0.2) is 5.38 Å². The van der Waals surface area contributed by atoms with Gasteiger partial charge < -0.3 is 19.9 Å². The Morgan fingerprint density at radius 3 is 2.79 bits per heavy atom. The zero-order chi connectivity index (χ0) is 17.7. The molecule has 0 saturated carbocycles. The first-order valence-corrected chi connectivity index (χ1v) is 9.34. The fourth-order valence-corrected chi connectivity index (χ4v) is 3.92. The average molecular weight is 382 g/mol. The number of aromatic nitrogens is 1. The van der Waals surface area contributed by atoms with E-state index in [9.17, 15) is 13.6 Å². The van der Waals surface area contributed by atoms with Crippen LogP contribution in [0.2, 0.25) is 0 Å². The molecule has 2 fully saturated rings. The van der Waals surface area contributed by atoms with Gasteiger partial charge in [0.15, 0.2) is 5.79 Å². The predicted molar refractivity (Wildman–Crippen MR) is 79.0 cm³/mol. The largest absolute Gasteiger partial charge is 0.510 e. The number of carbonyl (C=O) groups excluding carboxylic acids is 1. The molecule has 2 aliphatic rings. The maximum Gasteiger partial charge on any atom is 0.510 e. The van der Waals surface area contributed by atoms with Crippen molar-refractivity contribution < 1.29 is 37.2 Å². The van der Waals surface area contributed by atoms with Crippen LogP contribution >= 0.6 is 19.2 Å². The molecular formula is C12H16FN2O7PS. The van der Waals surface area contributed by atoms with Crippen LogP contribution in [0.3, 0.4) is 0 Å². The summed E-state index contributed by atoms with van der Waals surface area (Å²) in [5.74, 6) is -1.59. The third-order valence-electron chi connectivity index (χ3n) is 3.57. The average Bonchev–Trinajstić information content (AvgIpc) is 3.08. The number of halogens is 1. The molecule has 0 radical (unpaired) electrons. The van der Waals surface area contributed by atoms with Crippen molar-refractivity contribution in [2.45, 2.75) is 44.1 Å². The number of fused-ring (bicyclic) bond motifs is 1. The molecule has 0 spiro atoms. The normalized spacial score (nSPS) is 34.0. The highest BCUT2D eigenvalue weighted by Gasteiger charge is 2.56. The summed E-state index contributed by atoms with van der Waals surface area (Å²) in [6.07, 6.45) is -2.75. The van der Waals surface area contributed by atoms with Gasteiger partial charge in [-0.15, -0.1) is 15.5 Å². The van der Waals surface area contributed by atoms with Gasteiger partial charge in [0.2, 0.25) is 0 Å². The SMILES string of the molecule is CC1(C)OC2[C@@H](O1)[C@@H](COP(=O)(O)F)O[C@H]2c1nc(C(N)=O)cs1. The summed E-state index contributed by atoms with van der Waals surface area (Å²) in [6.45, 7) is 2.90. The summed E-state index contributed by atoms with van der Waals surface area (Å²) in [4.78, 5) is 23.9. The number of rotatable bonds is 5. The van der Waals surface area contributed by atoms with E-state index in [1.165, 1.54) is 5.38 Å². The quantitative estimate of drug-likeness (QED) is 0.729. The first-order valence-electron chi connectivity index (χ1n) is 6.99. The van der Waals surface area contributed by atoms with Crippen molar-refractivity contribution in [2.75, 3.05) is 6.61 Å². The van der Waals surface area contributed by atoms with Crippen LogP contribution in [0, 0.1) is 0 Å². The number of carbonyl (C=O) groups is 1. The van der Waals surface area contributed by atoms with Crippen LogP contribution in [-0.4, -0.2) is 46.5 Å². The maximum absolute atomic E-state index is 12.8. The van der Waals surface area contributed by atoms with Crippen molar-refractivity contribution in [1.82, 2.24) is 4.98 Å². The first-order chi connectivity index (χ1) is 11.1. The van der Waals surface area contributed by atoms with Crippen LogP contribution in [0.4, 0.5) is 4.20 Å². The van der Waals surface area contributed by atoms with E-state index < -0.39 is 50.6 Å². The molecule has 0 aliphatic carbocycles. The van der Waals surface area contributed by atoms with Gasteiger partial charge in [-0.1, -0.05) is 0 Å². The lowest BCUT2D eigenvalue weighted by Gasteiger charge is -2.23. The van der Waals surface area contributed by atoms with E-state index in [0.717, 1.165) is 11.3 Å². The lowest BCUT2D eigenvalue weighted by molar-refractivity contribution is -0.190. The van der Waals surface area contributed by atoms with Gasteiger partial charge >= 0.3 is 7.91 Å². The highest BCUT2D eigenvalue weighted by Crippen LogP contribution is 2.48. The highest BCUT2D eigenvalue weighted by atomic mass is 32.1. The number of hydrogen-bond donors (Lipinski definition) is 2. The summed E-state index contributed by atoms with van der Waals surface area (Å²) >= 11 is 1.16. The molecular weight excluding hydrogens is 366 g/mol. The number of nitrogens with two attached hydrogens (primary N) is 1. The smallest absolute Gasteiger partial charge is 0.364 e. The second-order valence-electron chi connectivity index (χ2n) is 5.84. The molecule has 3 rings (SSSR count). The molecule has 3 heterocycles. The van der Waals surface area contributed by atoms with Gasteiger partial charge in [-0.3, -0.25) is 14.2 Å². The zero-order valence-corrected chi connectivity index (χ0v) is 14.5. The highest BCUT2D eigenvalue weighted by molar-refractivity contribution is 7.46. The van der Waals surface area contributed by atoms with Crippen molar-refractivity contribution in [3.8, 4) is 0 Å². The summed E-state index contributed by atoms with van der Waals surface area (Å²) < 4.78 is 45.0. The van der Waals surface area contributed by atoms with E-state index in [1.807, 2.05) is 0 Å². The van der Waals surface area contributed by atoms with Gasteiger partial charge in [0, 0.05) is 5.38 Å². The van der Waals surface area contributed by atoms with Crippen molar-refractivity contribution >= 4 is 25.2 Å².